The molecule has 1 aromatic carbocycles. The normalized spacial score (nSPS) is 11.2. The first-order valence-corrected chi connectivity index (χ1v) is 7.40. The molecule has 0 aliphatic rings. The summed E-state index contributed by atoms with van der Waals surface area (Å²) in [5, 5.41) is 19.1. The van der Waals surface area contributed by atoms with Crippen LogP contribution in [0.25, 0.3) is 16.9 Å². The second-order valence-corrected chi connectivity index (χ2v) is 5.52. The van der Waals surface area contributed by atoms with Crippen LogP contribution in [0.2, 0.25) is 0 Å². The number of aromatic hydroxyl groups is 1. The highest BCUT2D eigenvalue weighted by Crippen LogP contribution is 2.21. The first kappa shape index (κ1) is 14.2. The number of hydrogen-bond donors (Lipinski definition) is 2. The van der Waals surface area contributed by atoms with E-state index in [0.29, 0.717) is 18.0 Å². The van der Waals surface area contributed by atoms with Gasteiger partial charge in [-0.1, -0.05) is 12.1 Å². The van der Waals surface area contributed by atoms with Crippen molar-refractivity contribution in [1.29, 1.82) is 0 Å². The fourth-order valence-electron chi connectivity index (χ4n) is 2.61. The summed E-state index contributed by atoms with van der Waals surface area (Å²) >= 11 is 0. The predicted octanol–water partition coefficient (Wildman–Crippen LogP) is 1.66. The molecule has 0 unspecified atom stereocenters. The van der Waals surface area contributed by atoms with Gasteiger partial charge in [0.1, 0.15) is 5.75 Å². The van der Waals surface area contributed by atoms with Crippen molar-refractivity contribution in [3.05, 3.63) is 54.0 Å². The SMILES string of the molecule is Cc1ccn(-c2nc(N)nc3c2cnn3Cc2cccc(O)c2)n1. The summed E-state index contributed by atoms with van der Waals surface area (Å²) in [6, 6.07) is 8.91. The van der Waals surface area contributed by atoms with E-state index in [1.165, 1.54) is 0 Å². The van der Waals surface area contributed by atoms with Crippen molar-refractivity contribution in [3.63, 3.8) is 0 Å². The van der Waals surface area contributed by atoms with Crippen LogP contribution in [0.4, 0.5) is 5.95 Å². The highest BCUT2D eigenvalue weighted by molar-refractivity contribution is 5.83. The van der Waals surface area contributed by atoms with E-state index in [1.807, 2.05) is 25.3 Å². The molecule has 8 heteroatoms. The minimum absolute atomic E-state index is 0.156. The van der Waals surface area contributed by atoms with Gasteiger partial charge in [-0.3, -0.25) is 0 Å². The number of aryl methyl sites for hydroxylation is 1. The Hall–Kier alpha value is -3.42. The minimum atomic E-state index is 0.156. The number of anilines is 1. The highest BCUT2D eigenvalue weighted by atomic mass is 16.3. The van der Waals surface area contributed by atoms with Gasteiger partial charge in [0.15, 0.2) is 11.5 Å². The average Bonchev–Trinajstić information content (AvgIpc) is 3.14. The van der Waals surface area contributed by atoms with Crippen LogP contribution in [0.3, 0.4) is 0 Å². The number of hydrogen-bond acceptors (Lipinski definition) is 6. The molecular weight excluding hydrogens is 306 g/mol. The molecule has 0 aliphatic carbocycles. The molecule has 0 saturated heterocycles. The zero-order valence-electron chi connectivity index (χ0n) is 13.0. The molecule has 0 fully saturated rings. The van der Waals surface area contributed by atoms with Gasteiger partial charge in [-0.25, -0.2) is 9.36 Å². The van der Waals surface area contributed by atoms with E-state index in [9.17, 15) is 5.11 Å². The van der Waals surface area contributed by atoms with Crippen molar-refractivity contribution in [2.24, 2.45) is 0 Å². The van der Waals surface area contributed by atoms with Crippen LogP contribution in [-0.4, -0.2) is 34.6 Å². The van der Waals surface area contributed by atoms with Gasteiger partial charge in [0, 0.05) is 6.20 Å². The van der Waals surface area contributed by atoms with E-state index in [2.05, 4.69) is 20.2 Å². The number of fused-ring (bicyclic) bond motifs is 1. The molecule has 24 heavy (non-hydrogen) atoms. The summed E-state index contributed by atoms with van der Waals surface area (Å²) < 4.78 is 3.39. The molecule has 0 amide bonds. The Bertz CT molecular complexity index is 1030. The van der Waals surface area contributed by atoms with Crippen LogP contribution in [-0.2, 0) is 6.54 Å². The molecule has 120 valence electrons. The largest absolute Gasteiger partial charge is 0.508 e. The average molecular weight is 321 g/mol. The van der Waals surface area contributed by atoms with Crippen molar-refractivity contribution >= 4 is 17.0 Å². The van der Waals surface area contributed by atoms with Crippen LogP contribution in [0.5, 0.6) is 5.75 Å². The molecule has 4 rings (SSSR count). The summed E-state index contributed by atoms with van der Waals surface area (Å²) in [6.07, 6.45) is 3.52. The summed E-state index contributed by atoms with van der Waals surface area (Å²) in [6.45, 7) is 2.37. The van der Waals surface area contributed by atoms with Gasteiger partial charge in [-0.15, -0.1) is 0 Å². The van der Waals surface area contributed by atoms with Crippen molar-refractivity contribution in [1.82, 2.24) is 29.5 Å². The maximum atomic E-state index is 9.61. The summed E-state index contributed by atoms with van der Waals surface area (Å²) in [7, 11) is 0. The van der Waals surface area contributed by atoms with E-state index in [0.717, 1.165) is 16.6 Å². The lowest BCUT2D eigenvalue weighted by molar-refractivity contribution is 0.474. The predicted molar refractivity (Wildman–Crippen MR) is 88.8 cm³/mol. The number of benzene rings is 1. The molecule has 3 heterocycles. The number of phenols is 1. The Morgan fingerprint density at radius 3 is 2.83 bits per heavy atom. The summed E-state index contributed by atoms with van der Waals surface area (Å²) in [5.74, 6) is 0.960. The molecule has 0 radical (unpaired) electrons. The van der Waals surface area contributed by atoms with Crippen LogP contribution in [0, 0.1) is 6.92 Å². The van der Waals surface area contributed by atoms with Crippen LogP contribution >= 0.6 is 0 Å². The molecule has 3 N–H and O–H groups in total. The van der Waals surface area contributed by atoms with E-state index in [4.69, 9.17) is 5.73 Å². The maximum absolute atomic E-state index is 9.61. The van der Waals surface area contributed by atoms with Gasteiger partial charge >= 0.3 is 0 Å². The van der Waals surface area contributed by atoms with E-state index >= 15 is 0 Å². The van der Waals surface area contributed by atoms with Crippen LogP contribution in [0.15, 0.2) is 42.7 Å². The van der Waals surface area contributed by atoms with Gasteiger partial charge in [0.2, 0.25) is 5.95 Å². The Balaban J connectivity index is 1.83. The lowest BCUT2D eigenvalue weighted by Crippen LogP contribution is -2.07. The monoisotopic (exact) mass is 321 g/mol. The standard InChI is InChI=1S/C16H15N7O/c1-10-5-6-22(21-10)14-13-8-18-23(15(13)20-16(17)19-14)9-11-3-2-4-12(24)7-11/h2-8,24H,9H2,1H3,(H2,17,19,20). The third-order valence-corrected chi connectivity index (χ3v) is 3.68. The Morgan fingerprint density at radius 1 is 1.21 bits per heavy atom. The number of rotatable bonds is 3. The van der Waals surface area contributed by atoms with Crippen molar-refractivity contribution in [3.8, 4) is 11.6 Å². The Kier molecular flexibility index (Phi) is 3.16. The van der Waals surface area contributed by atoms with E-state index in [1.54, 1.807) is 33.8 Å². The molecule has 3 aromatic heterocycles. The smallest absolute Gasteiger partial charge is 0.224 e. The fraction of sp³-hybridized carbons (Fsp3) is 0.125. The Labute approximate surface area is 137 Å². The molecular formula is C16H15N7O. The third-order valence-electron chi connectivity index (χ3n) is 3.68. The number of phenolic OH excluding ortho intramolecular Hbond substituents is 1. The lowest BCUT2D eigenvalue weighted by Gasteiger charge is -2.06. The fourth-order valence-corrected chi connectivity index (χ4v) is 2.61. The maximum Gasteiger partial charge on any atom is 0.224 e. The zero-order valence-corrected chi connectivity index (χ0v) is 13.0. The zero-order chi connectivity index (χ0) is 16.7. The number of nitrogens with two attached hydrogens (primary N) is 1. The highest BCUT2D eigenvalue weighted by Gasteiger charge is 2.14. The number of aromatic nitrogens is 6. The van der Waals surface area contributed by atoms with Gasteiger partial charge in [0.25, 0.3) is 0 Å². The van der Waals surface area contributed by atoms with E-state index in [-0.39, 0.29) is 11.7 Å². The van der Waals surface area contributed by atoms with Gasteiger partial charge in [-0.05, 0) is 30.7 Å². The van der Waals surface area contributed by atoms with Gasteiger partial charge in [0.05, 0.1) is 23.8 Å². The van der Waals surface area contributed by atoms with Crippen molar-refractivity contribution < 1.29 is 5.11 Å². The molecule has 0 bridgehead atoms. The molecule has 0 aliphatic heterocycles. The third kappa shape index (κ3) is 2.43. The molecule has 0 spiro atoms. The Morgan fingerprint density at radius 2 is 2.08 bits per heavy atom. The molecule has 0 atom stereocenters. The number of nitrogen functional groups attached to an aromatic ring is 1. The first-order chi connectivity index (χ1) is 11.6. The topological polar surface area (TPSA) is 108 Å². The lowest BCUT2D eigenvalue weighted by atomic mass is 10.2. The van der Waals surface area contributed by atoms with Crippen molar-refractivity contribution in [2.75, 3.05) is 5.73 Å². The van der Waals surface area contributed by atoms with Crippen LogP contribution in [0.1, 0.15) is 11.3 Å². The summed E-state index contributed by atoms with van der Waals surface area (Å²) in [5.41, 5.74) is 8.28. The van der Waals surface area contributed by atoms with Crippen LogP contribution < -0.4 is 5.73 Å². The second kappa shape index (κ2) is 5.34. The van der Waals surface area contributed by atoms with Crippen molar-refractivity contribution in [2.45, 2.75) is 13.5 Å². The molecule has 0 saturated carbocycles. The first-order valence-electron chi connectivity index (χ1n) is 7.40. The van der Waals surface area contributed by atoms with Gasteiger partial charge < -0.3 is 10.8 Å². The van der Waals surface area contributed by atoms with Gasteiger partial charge in [-0.2, -0.15) is 20.2 Å². The second-order valence-electron chi connectivity index (χ2n) is 5.52. The number of nitrogens with zero attached hydrogens (tertiary/aromatic N) is 6. The minimum Gasteiger partial charge on any atom is -0.508 e. The molecule has 4 aromatic rings. The molecule has 8 nitrogen and oxygen atoms in total. The summed E-state index contributed by atoms with van der Waals surface area (Å²) in [4.78, 5) is 8.60. The quantitative estimate of drug-likeness (QED) is 0.594. The van der Waals surface area contributed by atoms with E-state index < -0.39 is 0 Å².